The minimum absolute atomic E-state index is 0.696. The highest BCUT2D eigenvalue weighted by atomic mass is 16.3. The first-order valence-electron chi connectivity index (χ1n) is 21.0. The van der Waals surface area contributed by atoms with E-state index in [1.165, 1.54) is 55.3 Å². The zero-order valence-corrected chi connectivity index (χ0v) is 33.6. The second-order valence-corrected chi connectivity index (χ2v) is 15.8. The van der Waals surface area contributed by atoms with Gasteiger partial charge in [0.1, 0.15) is 23.1 Å². The molecule has 12 aromatic rings. The molecule has 0 aliphatic heterocycles. The molecule has 0 spiro atoms. The number of hydrogen-bond donors (Lipinski definition) is 0. The maximum absolute atomic E-state index is 6.33. The molecular weight excluding hydrogens is 755 g/mol. The van der Waals surface area contributed by atoms with E-state index < -0.39 is 0 Å². The van der Waals surface area contributed by atoms with Gasteiger partial charge < -0.3 is 8.98 Å². The van der Waals surface area contributed by atoms with Gasteiger partial charge in [-0.25, -0.2) is 9.97 Å². The molecule has 12 rings (SSSR count). The van der Waals surface area contributed by atoms with E-state index in [1.54, 1.807) is 6.33 Å². The minimum Gasteiger partial charge on any atom is -0.452 e. The van der Waals surface area contributed by atoms with Crippen molar-refractivity contribution in [1.29, 1.82) is 0 Å². The van der Waals surface area contributed by atoms with E-state index >= 15 is 0 Å². The molecule has 4 heteroatoms. The van der Waals surface area contributed by atoms with E-state index in [9.17, 15) is 0 Å². The topological polar surface area (TPSA) is 43.9 Å². The number of fused-ring (bicyclic) bond motifs is 6. The van der Waals surface area contributed by atoms with Gasteiger partial charge in [-0.05, 0) is 122 Å². The molecule has 0 fully saturated rings. The zero-order valence-electron chi connectivity index (χ0n) is 33.6. The molecule has 62 heavy (non-hydrogen) atoms. The van der Waals surface area contributed by atoms with E-state index in [2.05, 4.69) is 204 Å². The molecule has 0 radical (unpaired) electrons. The number of nitrogens with zero attached hydrogens (tertiary/aromatic N) is 3. The van der Waals surface area contributed by atoms with Gasteiger partial charge >= 0.3 is 0 Å². The third-order valence-corrected chi connectivity index (χ3v) is 12.1. The lowest BCUT2D eigenvalue weighted by Crippen LogP contribution is -1.95. The Morgan fingerprint density at radius 1 is 0.323 bits per heavy atom. The Bertz CT molecular complexity index is 3500. The Labute approximate surface area is 358 Å². The molecule has 3 heterocycles. The van der Waals surface area contributed by atoms with Crippen molar-refractivity contribution in [3.63, 3.8) is 0 Å². The monoisotopic (exact) mass is 791 g/mol. The van der Waals surface area contributed by atoms with Crippen LogP contribution < -0.4 is 0 Å². The van der Waals surface area contributed by atoms with Crippen molar-refractivity contribution in [2.24, 2.45) is 0 Å². The van der Waals surface area contributed by atoms with Crippen LogP contribution in [-0.4, -0.2) is 14.5 Å². The first-order valence-corrected chi connectivity index (χ1v) is 21.0. The van der Waals surface area contributed by atoms with Gasteiger partial charge in [0.2, 0.25) is 0 Å². The molecule has 0 aliphatic rings. The number of rotatable bonds is 7. The van der Waals surface area contributed by atoms with Crippen molar-refractivity contribution in [1.82, 2.24) is 14.5 Å². The fourth-order valence-electron chi connectivity index (χ4n) is 9.08. The molecule has 0 unspecified atom stereocenters. The molecule has 290 valence electrons. The van der Waals surface area contributed by atoms with Gasteiger partial charge in [-0.3, -0.25) is 0 Å². The van der Waals surface area contributed by atoms with Crippen LogP contribution in [0, 0.1) is 0 Å². The largest absolute Gasteiger partial charge is 0.452 e. The Morgan fingerprint density at radius 2 is 0.774 bits per heavy atom. The summed E-state index contributed by atoms with van der Waals surface area (Å²) in [6.07, 6.45) is 1.63. The summed E-state index contributed by atoms with van der Waals surface area (Å²) in [6, 6.07) is 78.2. The van der Waals surface area contributed by atoms with E-state index in [0.29, 0.717) is 5.58 Å². The van der Waals surface area contributed by atoms with Crippen molar-refractivity contribution < 1.29 is 4.42 Å². The van der Waals surface area contributed by atoms with Crippen molar-refractivity contribution >= 4 is 43.9 Å². The average molecular weight is 792 g/mol. The lowest BCUT2D eigenvalue weighted by atomic mass is 9.96. The molecule has 0 atom stereocenters. The molecule has 3 aromatic heterocycles. The highest BCUT2D eigenvalue weighted by molar-refractivity contribution is 6.12. The molecule has 0 N–H and O–H groups in total. The predicted molar refractivity (Wildman–Crippen MR) is 256 cm³/mol. The lowest BCUT2D eigenvalue weighted by Gasteiger charge is -2.12. The average Bonchev–Trinajstić information content (AvgIpc) is 3.90. The zero-order chi connectivity index (χ0) is 41.0. The van der Waals surface area contributed by atoms with Crippen LogP contribution in [-0.2, 0) is 0 Å². The summed E-state index contributed by atoms with van der Waals surface area (Å²) in [5.41, 5.74) is 19.2. The van der Waals surface area contributed by atoms with E-state index in [0.717, 1.165) is 55.6 Å². The first-order chi connectivity index (χ1) is 30.7. The second kappa shape index (κ2) is 14.7. The quantitative estimate of drug-likeness (QED) is 0.161. The Balaban J connectivity index is 1.00. The van der Waals surface area contributed by atoms with E-state index in [1.807, 2.05) is 24.3 Å². The van der Waals surface area contributed by atoms with Crippen LogP contribution in [0.5, 0.6) is 0 Å². The number of furan rings is 1. The van der Waals surface area contributed by atoms with Gasteiger partial charge in [0, 0.05) is 27.4 Å². The van der Waals surface area contributed by atoms with Crippen molar-refractivity contribution in [2.45, 2.75) is 0 Å². The highest BCUT2D eigenvalue weighted by Gasteiger charge is 2.18. The number of benzene rings is 9. The SMILES string of the molecule is c1ccc(-c2cccc(-c3ccc4c(c3)c3cc(-c5cccc(-c6ccccc6)c5)ccc3n4-c3cccc(-c4cccc(-c5ncnc6c5oc5ccccc56)c4)c3)c2)cc1. The van der Waals surface area contributed by atoms with Gasteiger partial charge in [0.05, 0.1) is 11.0 Å². The van der Waals surface area contributed by atoms with Crippen LogP contribution in [0.1, 0.15) is 0 Å². The fourth-order valence-corrected chi connectivity index (χ4v) is 9.08. The van der Waals surface area contributed by atoms with Crippen molar-refractivity contribution in [2.75, 3.05) is 0 Å². The van der Waals surface area contributed by atoms with Crippen LogP contribution in [0.3, 0.4) is 0 Å². The molecule has 9 aromatic carbocycles. The molecule has 0 saturated carbocycles. The Kier molecular flexibility index (Phi) is 8.46. The van der Waals surface area contributed by atoms with Crippen LogP contribution in [0.4, 0.5) is 0 Å². The van der Waals surface area contributed by atoms with Crippen LogP contribution in [0.15, 0.2) is 229 Å². The highest BCUT2D eigenvalue weighted by Crippen LogP contribution is 2.40. The smallest absolute Gasteiger partial charge is 0.180 e. The van der Waals surface area contributed by atoms with Gasteiger partial charge in [-0.15, -0.1) is 0 Å². The maximum atomic E-state index is 6.33. The first kappa shape index (κ1) is 35.6. The number of para-hydroxylation sites is 1. The van der Waals surface area contributed by atoms with Gasteiger partial charge in [0.25, 0.3) is 0 Å². The molecule has 0 bridgehead atoms. The third kappa shape index (κ3) is 6.16. The molecule has 0 saturated heterocycles. The summed E-state index contributed by atoms with van der Waals surface area (Å²) >= 11 is 0. The van der Waals surface area contributed by atoms with E-state index in [-0.39, 0.29) is 0 Å². The van der Waals surface area contributed by atoms with Crippen LogP contribution in [0.25, 0.3) is 116 Å². The van der Waals surface area contributed by atoms with Crippen molar-refractivity contribution in [3.05, 3.63) is 225 Å². The normalized spacial score (nSPS) is 11.5. The summed E-state index contributed by atoms with van der Waals surface area (Å²) in [7, 11) is 0. The van der Waals surface area contributed by atoms with Crippen LogP contribution in [0.2, 0.25) is 0 Å². The summed E-state index contributed by atoms with van der Waals surface area (Å²) in [5.74, 6) is 0. The summed E-state index contributed by atoms with van der Waals surface area (Å²) in [6.45, 7) is 0. The summed E-state index contributed by atoms with van der Waals surface area (Å²) < 4.78 is 8.74. The van der Waals surface area contributed by atoms with E-state index in [4.69, 9.17) is 9.40 Å². The lowest BCUT2D eigenvalue weighted by molar-refractivity contribution is 0.667. The molecule has 0 amide bonds. The van der Waals surface area contributed by atoms with Gasteiger partial charge in [-0.2, -0.15) is 0 Å². The molecule has 4 nitrogen and oxygen atoms in total. The predicted octanol–water partition coefficient (Wildman–Crippen LogP) is 15.5. The standard InChI is InChI=1S/C58H37N3O/c1-3-13-38(14-4-1)40-17-9-19-42(31-40)46-27-29-53-51(35-46)52-36-47(43-20-10-18-41(32-43)39-15-5-2-6-16-39)28-30-54(52)61(53)49-24-12-22-45(34-49)44-21-11-23-48(33-44)56-58-57(60-37-59-56)50-25-7-8-26-55(50)62-58/h1-37H. The second-order valence-electron chi connectivity index (χ2n) is 15.8. The third-order valence-electron chi connectivity index (χ3n) is 12.1. The molecular formula is C58H37N3O. The minimum atomic E-state index is 0.696. The number of hydrogen-bond acceptors (Lipinski definition) is 3. The maximum Gasteiger partial charge on any atom is 0.180 e. The van der Waals surface area contributed by atoms with Crippen molar-refractivity contribution in [3.8, 4) is 72.6 Å². The van der Waals surface area contributed by atoms with Crippen LogP contribution >= 0.6 is 0 Å². The van der Waals surface area contributed by atoms with Gasteiger partial charge in [0.15, 0.2) is 5.58 Å². The summed E-state index contributed by atoms with van der Waals surface area (Å²) in [5, 5.41) is 3.39. The van der Waals surface area contributed by atoms with Gasteiger partial charge in [-0.1, -0.05) is 152 Å². The Morgan fingerprint density at radius 3 is 1.37 bits per heavy atom. The summed E-state index contributed by atoms with van der Waals surface area (Å²) in [4.78, 5) is 9.32. The molecule has 0 aliphatic carbocycles. The number of aromatic nitrogens is 3. The Hall–Kier alpha value is -8.34. The fraction of sp³-hybridized carbons (Fsp3) is 0.